The Morgan fingerprint density at radius 1 is 1.54 bits per heavy atom. The third-order valence-corrected chi connectivity index (χ3v) is 2.18. The molecule has 0 atom stereocenters. The molecule has 68 valence electrons. The Morgan fingerprint density at radius 3 is 3.00 bits per heavy atom. The van der Waals surface area contributed by atoms with Crippen LogP contribution < -0.4 is 5.43 Å². The van der Waals surface area contributed by atoms with Crippen LogP contribution in [0.15, 0.2) is 23.3 Å². The van der Waals surface area contributed by atoms with Crippen molar-refractivity contribution in [1.82, 2.24) is 8.96 Å². The van der Waals surface area contributed by atoms with E-state index < -0.39 is 11.2 Å². The molecule has 0 spiro atoms. The number of aromatic nitrogens is 2. The van der Waals surface area contributed by atoms with Gasteiger partial charge in [-0.3, -0.25) is 4.79 Å². The highest BCUT2D eigenvalue weighted by molar-refractivity contribution is 7.92. The summed E-state index contributed by atoms with van der Waals surface area (Å²) in [6, 6.07) is 1.36. The van der Waals surface area contributed by atoms with E-state index >= 15 is 0 Å². The first-order chi connectivity index (χ1) is 6.24. The van der Waals surface area contributed by atoms with E-state index in [4.69, 9.17) is 0 Å². The van der Waals surface area contributed by atoms with E-state index in [1.165, 1.54) is 12.3 Å². The highest BCUT2D eigenvalue weighted by Gasteiger charge is 2.08. The summed E-state index contributed by atoms with van der Waals surface area (Å²) in [7, 11) is 0. The van der Waals surface area contributed by atoms with Crippen LogP contribution in [-0.4, -0.2) is 8.96 Å². The number of fused-ring (bicyclic) bond motifs is 1. The van der Waals surface area contributed by atoms with Crippen LogP contribution in [0.1, 0.15) is 0 Å². The van der Waals surface area contributed by atoms with Crippen molar-refractivity contribution in [2.75, 3.05) is 0 Å². The van der Waals surface area contributed by atoms with Crippen molar-refractivity contribution >= 4 is 23.4 Å². The number of hydrogen-bond donors (Lipinski definition) is 1. The third-order valence-electron chi connectivity index (χ3n) is 1.72. The minimum atomic E-state index is -0.867. The Kier molecular flexibility index (Phi) is 1.84. The third kappa shape index (κ3) is 1.14. The van der Waals surface area contributed by atoms with Gasteiger partial charge in [0.15, 0.2) is 18.2 Å². The number of rotatable bonds is 1. The van der Waals surface area contributed by atoms with Crippen LogP contribution in [0.4, 0.5) is 8.28 Å². The van der Waals surface area contributed by atoms with Crippen LogP contribution in [0.3, 0.4) is 0 Å². The molecule has 1 N–H and O–H groups in total. The van der Waals surface area contributed by atoms with Gasteiger partial charge in [0.1, 0.15) is 5.65 Å². The van der Waals surface area contributed by atoms with Gasteiger partial charge in [-0.05, 0) is 6.07 Å². The average molecular weight is 202 g/mol. The number of halogens is 2. The topological polar surface area (TPSA) is 37.8 Å². The van der Waals surface area contributed by atoms with Crippen molar-refractivity contribution in [3.8, 4) is 0 Å². The summed E-state index contributed by atoms with van der Waals surface area (Å²) in [5, 5.41) is 0.144. The molecular weight excluding hydrogens is 198 g/mol. The molecule has 2 aromatic rings. The predicted octanol–water partition coefficient (Wildman–Crippen LogP) is 1.85. The molecule has 0 aliphatic heterocycles. The molecule has 2 heterocycles. The van der Waals surface area contributed by atoms with Crippen molar-refractivity contribution in [1.29, 1.82) is 0 Å². The minimum Gasteiger partial charge on any atom is -0.344 e. The molecule has 0 saturated heterocycles. The average Bonchev–Trinajstić information content (AvgIpc) is 2.55. The fourth-order valence-corrected chi connectivity index (χ4v) is 1.45. The zero-order valence-electron chi connectivity index (χ0n) is 6.25. The maximum absolute atomic E-state index is 12.7. The molecule has 0 radical (unpaired) electrons. The summed E-state index contributed by atoms with van der Waals surface area (Å²) >= 11 is -0.0564. The maximum Gasteiger partial charge on any atom is 0.226 e. The molecular formula is C7H4F2N2OS. The van der Waals surface area contributed by atoms with E-state index in [9.17, 15) is 13.1 Å². The first kappa shape index (κ1) is 8.31. The molecule has 0 fully saturated rings. The molecule has 0 saturated carbocycles. The summed E-state index contributed by atoms with van der Waals surface area (Å²) in [5.74, 6) is -0.867. The van der Waals surface area contributed by atoms with Gasteiger partial charge in [0.2, 0.25) is 5.43 Å². The molecule has 3 nitrogen and oxygen atoms in total. The monoisotopic (exact) mass is 202 g/mol. The normalized spacial score (nSPS) is 10.9. The fourth-order valence-electron chi connectivity index (χ4n) is 1.12. The standard InChI is InChI=1S/C7H4F2N2OS/c8-5-3-10-7-4(6(5)12)1-2-11(7)13-9/h1-3H,(H,10,12). The van der Waals surface area contributed by atoms with Gasteiger partial charge in [0.25, 0.3) is 0 Å². The Bertz CT molecular complexity index is 505. The Labute approximate surface area is 75.8 Å². The SMILES string of the molecule is O=c1c(F)c[nH]c2c1ccn2SF. The predicted molar refractivity (Wildman–Crippen MR) is 46.6 cm³/mol. The van der Waals surface area contributed by atoms with Crippen LogP contribution in [0, 0.1) is 5.82 Å². The lowest BCUT2D eigenvalue weighted by Crippen LogP contribution is -2.06. The van der Waals surface area contributed by atoms with Crippen molar-refractivity contribution in [3.63, 3.8) is 0 Å². The number of nitrogens with zero attached hydrogens (tertiary/aromatic N) is 1. The summed E-state index contributed by atoms with van der Waals surface area (Å²) in [4.78, 5) is 13.6. The van der Waals surface area contributed by atoms with Crippen LogP contribution in [0.25, 0.3) is 11.0 Å². The number of H-pyrrole nitrogens is 1. The lowest BCUT2D eigenvalue weighted by atomic mass is 10.3. The van der Waals surface area contributed by atoms with E-state index in [1.807, 2.05) is 0 Å². The lowest BCUT2D eigenvalue weighted by molar-refractivity contribution is 0.614. The van der Waals surface area contributed by atoms with E-state index in [1.54, 1.807) is 0 Å². The van der Waals surface area contributed by atoms with Gasteiger partial charge in [-0.25, -0.2) is 8.36 Å². The molecule has 0 aliphatic rings. The number of hydrogen-bond acceptors (Lipinski definition) is 2. The van der Waals surface area contributed by atoms with Gasteiger partial charge in [-0.2, -0.15) is 0 Å². The zero-order chi connectivity index (χ0) is 9.42. The molecule has 2 aromatic heterocycles. The van der Waals surface area contributed by atoms with Crippen LogP contribution in [-0.2, 0) is 0 Å². The Balaban J connectivity index is 2.89. The summed E-state index contributed by atoms with van der Waals surface area (Å²) in [6.45, 7) is 0. The van der Waals surface area contributed by atoms with E-state index in [2.05, 4.69) is 4.98 Å². The van der Waals surface area contributed by atoms with Gasteiger partial charge in [0.05, 0.1) is 5.39 Å². The first-order valence-corrected chi connectivity index (χ1v) is 4.08. The largest absolute Gasteiger partial charge is 0.344 e. The van der Waals surface area contributed by atoms with Gasteiger partial charge in [-0.15, -0.1) is 3.89 Å². The molecule has 6 heteroatoms. The van der Waals surface area contributed by atoms with Gasteiger partial charge < -0.3 is 4.98 Å². The van der Waals surface area contributed by atoms with Crippen molar-refractivity contribution in [2.24, 2.45) is 0 Å². The summed E-state index contributed by atoms with van der Waals surface area (Å²) < 4.78 is 26.0. The second-order valence-electron chi connectivity index (χ2n) is 2.44. The fraction of sp³-hybridized carbons (Fsp3) is 0. The van der Waals surface area contributed by atoms with Crippen LogP contribution in [0.2, 0.25) is 0 Å². The zero-order valence-corrected chi connectivity index (χ0v) is 7.07. The van der Waals surface area contributed by atoms with Gasteiger partial charge in [0, 0.05) is 12.4 Å². The lowest BCUT2D eigenvalue weighted by Gasteiger charge is -1.95. The van der Waals surface area contributed by atoms with Crippen molar-refractivity contribution < 1.29 is 8.28 Å². The van der Waals surface area contributed by atoms with Crippen molar-refractivity contribution in [2.45, 2.75) is 0 Å². The molecule has 2 rings (SSSR count). The van der Waals surface area contributed by atoms with Gasteiger partial charge >= 0.3 is 0 Å². The van der Waals surface area contributed by atoms with E-state index in [0.717, 1.165) is 10.2 Å². The highest BCUT2D eigenvalue weighted by Crippen LogP contribution is 2.16. The summed E-state index contributed by atoms with van der Waals surface area (Å²) in [6.07, 6.45) is 2.27. The van der Waals surface area contributed by atoms with Crippen LogP contribution >= 0.6 is 12.3 Å². The second kappa shape index (κ2) is 2.88. The molecule has 0 unspecified atom stereocenters. The molecule has 13 heavy (non-hydrogen) atoms. The van der Waals surface area contributed by atoms with Crippen molar-refractivity contribution in [3.05, 3.63) is 34.5 Å². The molecule has 0 bridgehead atoms. The number of aromatic amines is 1. The van der Waals surface area contributed by atoms with E-state index in [-0.39, 0.29) is 23.4 Å². The molecule has 0 aliphatic carbocycles. The quantitative estimate of drug-likeness (QED) is 0.766. The summed E-state index contributed by atoms with van der Waals surface area (Å²) in [5.41, 5.74) is -0.458. The smallest absolute Gasteiger partial charge is 0.226 e. The minimum absolute atomic E-state index is 0.0564. The molecule has 0 aromatic carbocycles. The van der Waals surface area contributed by atoms with E-state index in [0.29, 0.717) is 0 Å². The highest BCUT2D eigenvalue weighted by atomic mass is 32.2. The molecule has 0 amide bonds. The Morgan fingerprint density at radius 2 is 2.31 bits per heavy atom. The maximum atomic E-state index is 12.7. The Hall–Kier alpha value is -1.30. The first-order valence-electron chi connectivity index (χ1n) is 3.41. The van der Waals surface area contributed by atoms with Gasteiger partial charge in [-0.1, -0.05) is 0 Å². The second-order valence-corrected chi connectivity index (χ2v) is 2.97. The van der Waals surface area contributed by atoms with Crippen LogP contribution in [0.5, 0.6) is 0 Å². The number of nitrogens with one attached hydrogen (secondary N) is 1. The number of pyridine rings is 1.